The van der Waals surface area contributed by atoms with E-state index in [1.807, 2.05) is 13.8 Å². The van der Waals surface area contributed by atoms with Crippen LogP contribution in [-0.2, 0) is 0 Å². The number of nitrogens with zero attached hydrogens (tertiary/aromatic N) is 5. The molecule has 0 N–H and O–H groups in total. The first-order valence-corrected chi connectivity index (χ1v) is 13.9. The number of aryl methyl sites for hydroxylation is 2. The minimum absolute atomic E-state index is 0.363. The minimum Gasteiger partial charge on any atom is -0.249 e. The maximum atomic E-state index is 5.11. The quantitative estimate of drug-likeness (QED) is 0.283. The molecule has 0 atom stereocenters. The molecule has 1 heterocycles. The fourth-order valence-corrected chi connectivity index (χ4v) is 4.77. The van der Waals surface area contributed by atoms with E-state index in [0.29, 0.717) is 35.3 Å². The lowest BCUT2D eigenvalue weighted by Crippen LogP contribution is -2.11. The smallest absolute Gasteiger partial charge is 0.177 e. The molecule has 5 nitrogen and oxygen atoms in total. The Morgan fingerprint density at radius 2 is 0.842 bits per heavy atom. The second-order valence-corrected chi connectivity index (χ2v) is 11.7. The lowest BCUT2D eigenvalue weighted by Gasteiger charge is -2.19. The summed E-state index contributed by atoms with van der Waals surface area (Å²) in [6.07, 6.45) is 1.57. The van der Waals surface area contributed by atoms with Crippen molar-refractivity contribution in [3.63, 3.8) is 0 Å². The van der Waals surface area contributed by atoms with Crippen molar-refractivity contribution in [3.8, 4) is 0 Å². The highest BCUT2D eigenvalue weighted by molar-refractivity contribution is 6.00. The molecule has 0 amide bonds. The Kier molecular flexibility index (Phi) is 9.35. The average molecular weight is 512 g/mol. The number of aliphatic imine (C=N–C) groups is 2. The van der Waals surface area contributed by atoms with Crippen LogP contribution in [0.25, 0.3) is 0 Å². The first-order valence-electron chi connectivity index (χ1n) is 13.9. The summed E-state index contributed by atoms with van der Waals surface area (Å²) in [5.41, 5.74) is 11.2. The zero-order chi connectivity index (χ0) is 28.3. The second-order valence-electron chi connectivity index (χ2n) is 11.7. The SMILES string of the molecule is CC(=Nc1c(C(C)C)cc(C)cc1C(C)C)c1ncnc(C(C)=Nc2c(C(C)C)cc(C)cc2C(C)C)n1. The van der Waals surface area contributed by atoms with E-state index in [9.17, 15) is 0 Å². The van der Waals surface area contributed by atoms with Gasteiger partial charge in [0.15, 0.2) is 11.6 Å². The topological polar surface area (TPSA) is 63.4 Å². The third-order valence-electron chi connectivity index (χ3n) is 6.89. The summed E-state index contributed by atoms with van der Waals surface area (Å²) < 4.78 is 0. The van der Waals surface area contributed by atoms with E-state index >= 15 is 0 Å². The standard InChI is InChI=1S/C33H45N5/c1-18(2)26-13-22(9)14-27(19(3)4)30(26)36-24(11)32-34-17-35-33(38-32)25(12)37-31-28(20(5)6)15-23(10)16-29(31)21(7)8/h13-21H,1-12H3. The molecule has 0 fully saturated rings. The third-order valence-corrected chi connectivity index (χ3v) is 6.89. The third kappa shape index (κ3) is 6.61. The van der Waals surface area contributed by atoms with Gasteiger partial charge in [-0.05, 0) is 73.6 Å². The molecule has 0 unspecified atom stereocenters. The van der Waals surface area contributed by atoms with Gasteiger partial charge in [-0.1, -0.05) is 90.8 Å². The molecule has 202 valence electrons. The van der Waals surface area contributed by atoms with Crippen LogP contribution in [0.1, 0.15) is 138 Å². The van der Waals surface area contributed by atoms with Crippen LogP contribution in [0.3, 0.4) is 0 Å². The van der Waals surface area contributed by atoms with E-state index in [0.717, 1.165) is 22.8 Å². The zero-order valence-electron chi connectivity index (χ0n) is 25.4. The van der Waals surface area contributed by atoms with E-state index in [1.54, 1.807) is 6.33 Å². The normalized spacial score (nSPS) is 12.9. The Hall–Kier alpha value is -3.21. The Balaban J connectivity index is 2.12. The molecule has 3 aromatic rings. The summed E-state index contributed by atoms with van der Waals surface area (Å²) in [6.45, 7) is 26.0. The van der Waals surface area contributed by atoms with Crippen molar-refractivity contribution in [1.29, 1.82) is 0 Å². The van der Waals surface area contributed by atoms with Crippen molar-refractivity contribution < 1.29 is 0 Å². The largest absolute Gasteiger partial charge is 0.249 e. The molecule has 0 aliphatic heterocycles. The van der Waals surface area contributed by atoms with Crippen LogP contribution in [0.15, 0.2) is 40.6 Å². The van der Waals surface area contributed by atoms with Crippen LogP contribution in [0, 0.1) is 13.8 Å². The van der Waals surface area contributed by atoms with Gasteiger partial charge in [-0.25, -0.2) is 24.9 Å². The van der Waals surface area contributed by atoms with Crippen LogP contribution in [0.4, 0.5) is 11.4 Å². The summed E-state index contributed by atoms with van der Waals surface area (Å²) in [5, 5.41) is 0. The summed E-state index contributed by atoms with van der Waals surface area (Å²) >= 11 is 0. The van der Waals surface area contributed by atoms with Crippen LogP contribution in [0.2, 0.25) is 0 Å². The van der Waals surface area contributed by atoms with Crippen molar-refractivity contribution in [1.82, 2.24) is 15.0 Å². The fourth-order valence-electron chi connectivity index (χ4n) is 4.77. The molecule has 38 heavy (non-hydrogen) atoms. The molecule has 0 aliphatic carbocycles. The summed E-state index contributed by atoms with van der Waals surface area (Å²) in [6, 6.07) is 8.99. The molecule has 0 radical (unpaired) electrons. The van der Waals surface area contributed by atoms with Crippen molar-refractivity contribution in [3.05, 3.63) is 75.6 Å². The maximum Gasteiger partial charge on any atom is 0.177 e. The van der Waals surface area contributed by atoms with Crippen molar-refractivity contribution in [2.75, 3.05) is 0 Å². The predicted molar refractivity (Wildman–Crippen MR) is 162 cm³/mol. The average Bonchev–Trinajstić information content (AvgIpc) is 2.84. The minimum atomic E-state index is 0.363. The van der Waals surface area contributed by atoms with Crippen LogP contribution in [-0.4, -0.2) is 26.4 Å². The van der Waals surface area contributed by atoms with Crippen LogP contribution in [0.5, 0.6) is 0 Å². The van der Waals surface area contributed by atoms with Gasteiger partial charge in [-0.15, -0.1) is 0 Å². The Labute approximate surface area is 230 Å². The van der Waals surface area contributed by atoms with E-state index in [2.05, 4.69) is 103 Å². The lowest BCUT2D eigenvalue weighted by molar-refractivity contribution is 0.831. The Bertz CT molecular complexity index is 1200. The molecule has 0 bridgehead atoms. The van der Waals surface area contributed by atoms with E-state index in [4.69, 9.17) is 15.0 Å². The second kappa shape index (κ2) is 12.1. The first kappa shape index (κ1) is 29.3. The van der Waals surface area contributed by atoms with E-state index in [-0.39, 0.29) is 0 Å². The van der Waals surface area contributed by atoms with Crippen LogP contribution >= 0.6 is 0 Å². The van der Waals surface area contributed by atoms with Crippen LogP contribution < -0.4 is 0 Å². The van der Waals surface area contributed by atoms with Gasteiger partial charge in [0.1, 0.15) is 6.33 Å². The van der Waals surface area contributed by atoms with Crippen molar-refractivity contribution in [2.24, 2.45) is 9.98 Å². The Morgan fingerprint density at radius 1 is 0.553 bits per heavy atom. The van der Waals surface area contributed by atoms with Gasteiger partial charge in [0.2, 0.25) is 0 Å². The molecule has 0 aliphatic rings. The van der Waals surface area contributed by atoms with Crippen molar-refractivity contribution >= 4 is 22.8 Å². The van der Waals surface area contributed by atoms with Gasteiger partial charge >= 0.3 is 0 Å². The zero-order valence-corrected chi connectivity index (χ0v) is 25.4. The Morgan fingerprint density at radius 3 is 1.11 bits per heavy atom. The van der Waals surface area contributed by atoms with Gasteiger partial charge in [0, 0.05) is 0 Å². The molecule has 0 saturated carbocycles. The van der Waals surface area contributed by atoms with E-state index in [1.165, 1.54) is 33.4 Å². The molecular weight excluding hydrogens is 466 g/mol. The van der Waals surface area contributed by atoms with Gasteiger partial charge in [0.25, 0.3) is 0 Å². The summed E-state index contributed by atoms with van der Waals surface area (Å²) in [4.78, 5) is 24.0. The summed E-state index contributed by atoms with van der Waals surface area (Å²) in [5.74, 6) is 2.60. The first-order chi connectivity index (χ1) is 17.8. The van der Waals surface area contributed by atoms with Gasteiger partial charge < -0.3 is 0 Å². The maximum absolute atomic E-state index is 5.11. The molecule has 0 spiro atoms. The highest BCUT2D eigenvalue weighted by Crippen LogP contribution is 2.37. The number of hydrogen-bond acceptors (Lipinski definition) is 5. The van der Waals surface area contributed by atoms with E-state index < -0.39 is 0 Å². The molecule has 2 aromatic carbocycles. The number of hydrogen-bond donors (Lipinski definition) is 0. The number of benzene rings is 2. The molecular formula is C33H45N5. The predicted octanol–water partition coefficient (Wildman–Crippen LogP) is 9.26. The van der Waals surface area contributed by atoms with Gasteiger partial charge in [0.05, 0.1) is 22.8 Å². The molecule has 1 aromatic heterocycles. The van der Waals surface area contributed by atoms with Crippen molar-refractivity contribution in [2.45, 2.75) is 107 Å². The number of aromatic nitrogens is 3. The summed E-state index contributed by atoms with van der Waals surface area (Å²) in [7, 11) is 0. The highest BCUT2D eigenvalue weighted by atomic mass is 15.0. The monoisotopic (exact) mass is 511 g/mol. The molecule has 3 rings (SSSR count). The molecule has 0 saturated heterocycles. The highest BCUT2D eigenvalue weighted by Gasteiger charge is 2.18. The number of rotatable bonds is 8. The van der Waals surface area contributed by atoms with Gasteiger partial charge in [-0.3, -0.25) is 0 Å². The lowest BCUT2D eigenvalue weighted by atomic mass is 9.90. The molecule has 5 heteroatoms. The van der Waals surface area contributed by atoms with Gasteiger partial charge in [-0.2, -0.15) is 0 Å². The fraction of sp³-hybridized carbons (Fsp3) is 0.485.